The molecule has 0 aliphatic heterocycles. The summed E-state index contributed by atoms with van der Waals surface area (Å²) in [5, 5.41) is 8.80. The molecule has 1 aromatic carbocycles. The molecule has 0 fully saturated rings. The van der Waals surface area contributed by atoms with E-state index in [1.54, 1.807) is 7.11 Å². The maximum Gasteiger partial charge on any atom is 0.119 e. The van der Waals surface area contributed by atoms with E-state index in [9.17, 15) is 0 Å². The first-order chi connectivity index (χ1) is 6.69. The Morgan fingerprint density at radius 2 is 2.21 bits per heavy atom. The van der Waals surface area contributed by atoms with Crippen LogP contribution in [0.4, 0.5) is 0 Å². The molecule has 0 aliphatic carbocycles. The van der Waals surface area contributed by atoms with Gasteiger partial charge in [-0.2, -0.15) is 0 Å². The number of methoxy groups -OCH3 is 1. The highest BCUT2D eigenvalue weighted by atomic mass is 16.5. The molecule has 3 nitrogen and oxygen atoms in total. The highest BCUT2D eigenvalue weighted by Crippen LogP contribution is 2.23. The molecule has 1 rings (SSSR count). The van der Waals surface area contributed by atoms with Gasteiger partial charge in [-0.1, -0.05) is 6.07 Å². The summed E-state index contributed by atoms with van der Waals surface area (Å²) in [6, 6.07) is 5.70. The summed E-state index contributed by atoms with van der Waals surface area (Å²) in [5.41, 5.74) is 8.09. The minimum atomic E-state index is -0.116. The number of ether oxygens (including phenoxy) is 1. The second kappa shape index (κ2) is 4.98. The maximum absolute atomic E-state index is 8.80. The molecule has 14 heavy (non-hydrogen) atoms. The van der Waals surface area contributed by atoms with E-state index in [-0.39, 0.29) is 12.6 Å². The van der Waals surface area contributed by atoms with Crippen molar-refractivity contribution in [3.8, 4) is 5.75 Å². The van der Waals surface area contributed by atoms with Crippen LogP contribution < -0.4 is 10.5 Å². The van der Waals surface area contributed by atoms with E-state index in [0.717, 1.165) is 16.9 Å². The summed E-state index contributed by atoms with van der Waals surface area (Å²) in [7, 11) is 1.63. The van der Waals surface area contributed by atoms with E-state index in [0.29, 0.717) is 6.42 Å². The highest BCUT2D eigenvalue weighted by Gasteiger charge is 2.09. The molecule has 0 aromatic heterocycles. The van der Waals surface area contributed by atoms with Crippen LogP contribution in [-0.2, 0) is 0 Å². The van der Waals surface area contributed by atoms with Crippen LogP contribution in [0.25, 0.3) is 0 Å². The second-order valence-electron chi connectivity index (χ2n) is 3.34. The Hall–Kier alpha value is -1.06. The molecule has 0 saturated heterocycles. The van der Waals surface area contributed by atoms with Gasteiger partial charge in [0.2, 0.25) is 0 Å². The Morgan fingerprint density at radius 1 is 1.50 bits per heavy atom. The summed E-state index contributed by atoms with van der Waals surface area (Å²) in [6.45, 7) is 2.11. The second-order valence-corrected chi connectivity index (χ2v) is 3.34. The topological polar surface area (TPSA) is 55.5 Å². The van der Waals surface area contributed by atoms with Crippen molar-refractivity contribution in [2.75, 3.05) is 13.7 Å². The fourth-order valence-corrected chi connectivity index (χ4v) is 1.44. The molecule has 0 heterocycles. The number of rotatable bonds is 4. The lowest BCUT2D eigenvalue weighted by molar-refractivity contribution is 0.276. The first-order valence-electron chi connectivity index (χ1n) is 4.70. The van der Waals surface area contributed by atoms with E-state index in [2.05, 4.69) is 0 Å². The van der Waals surface area contributed by atoms with Gasteiger partial charge in [-0.3, -0.25) is 0 Å². The fourth-order valence-electron chi connectivity index (χ4n) is 1.44. The van der Waals surface area contributed by atoms with Crippen LogP contribution in [-0.4, -0.2) is 18.8 Å². The highest BCUT2D eigenvalue weighted by molar-refractivity contribution is 5.36. The van der Waals surface area contributed by atoms with Crippen LogP contribution in [0.5, 0.6) is 5.75 Å². The van der Waals surface area contributed by atoms with Crippen molar-refractivity contribution in [1.29, 1.82) is 0 Å². The van der Waals surface area contributed by atoms with Crippen molar-refractivity contribution in [2.24, 2.45) is 5.73 Å². The Balaban J connectivity index is 2.93. The predicted molar refractivity (Wildman–Crippen MR) is 56.4 cm³/mol. The quantitative estimate of drug-likeness (QED) is 0.763. The largest absolute Gasteiger partial charge is 0.497 e. The van der Waals surface area contributed by atoms with E-state index >= 15 is 0 Å². The van der Waals surface area contributed by atoms with Crippen molar-refractivity contribution in [1.82, 2.24) is 0 Å². The summed E-state index contributed by atoms with van der Waals surface area (Å²) >= 11 is 0. The number of aliphatic hydroxyl groups is 1. The number of hydrogen-bond acceptors (Lipinski definition) is 3. The van der Waals surface area contributed by atoms with Crippen molar-refractivity contribution in [2.45, 2.75) is 19.4 Å². The molecule has 0 radical (unpaired) electrons. The van der Waals surface area contributed by atoms with E-state index < -0.39 is 0 Å². The number of aliphatic hydroxyl groups excluding tert-OH is 1. The third-order valence-electron chi connectivity index (χ3n) is 2.33. The summed E-state index contributed by atoms with van der Waals surface area (Å²) in [6.07, 6.45) is 0.577. The zero-order chi connectivity index (χ0) is 10.6. The fraction of sp³-hybridized carbons (Fsp3) is 0.455. The Bertz CT molecular complexity index is 299. The predicted octanol–water partition coefficient (Wildman–Crippen LogP) is 1.39. The molecular formula is C11H17NO2. The molecule has 3 N–H and O–H groups in total. The van der Waals surface area contributed by atoms with Crippen molar-refractivity contribution < 1.29 is 9.84 Å². The smallest absolute Gasteiger partial charge is 0.119 e. The van der Waals surface area contributed by atoms with Gasteiger partial charge in [0.15, 0.2) is 0 Å². The SMILES string of the molecule is COc1ccc(C)c(C(N)CCO)c1. The van der Waals surface area contributed by atoms with E-state index in [4.69, 9.17) is 15.6 Å². The Kier molecular flexibility index (Phi) is 3.92. The lowest BCUT2D eigenvalue weighted by Gasteiger charge is -2.14. The number of hydrogen-bond donors (Lipinski definition) is 2. The van der Waals surface area contributed by atoms with Gasteiger partial charge in [-0.15, -0.1) is 0 Å². The molecular weight excluding hydrogens is 178 g/mol. The first-order valence-corrected chi connectivity index (χ1v) is 4.70. The van der Waals surface area contributed by atoms with Crippen molar-refractivity contribution >= 4 is 0 Å². The van der Waals surface area contributed by atoms with Gasteiger partial charge in [-0.05, 0) is 36.6 Å². The summed E-state index contributed by atoms with van der Waals surface area (Å²) in [5.74, 6) is 0.805. The molecule has 0 bridgehead atoms. The Morgan fingerprint density at radius 3 is 2.79 bits per heavy atom. The zero-order valence-corrected chi connectivity index (χ0v) is 8.66. The van der Waals surface area contributed by atoms with Gasteiger partial charge in [0, 0.05) is 12.6 Å². The molecule has 0 aliphatic rings. The molecule has 1 unspecified atom stereocenters. The van der Waals surface area contributed by atoms with Crippen molar-refractivity contribution in [3.05, 3.63) is 29.3 Å². The molecule has 0 saturated carbocycles. The maximum atomic E-state index is 8.80. The van der Waals surface area contributed by atoms with Crippen LogP contribution in [0, 0.1) is 6.92 Å². The van der Waals surface area contributed by atoms with Crippen LogP contribution in [0.3, 0.4) is 0 Å². The monoisotopic (exact) mass is 195 g/mol. The number of benzene rings is 1. The van der Waals surface area contributed by atoms with Crippen LogP contribution >= 0.6 is 0 Å². The van der Waals surface area contributed by atoms with Gasteiger partial charge < -0.3 is 15.6 Å². The lowest BCUT2D eigenvalue weighted by Crippen LogP contribution is -2.13. The average Bonchev–Trinajstić information content (AvgIpc) is 2.19. The number of nitrogens with two attached hydrogens (primary N) is 1. The van der Waals surface area contributed by atoms with Gasteiger partial charge in [0.25, 0.3) is 0 Å². The Labute approximate surface area is 84.5 Å². The van der Waals surface area contributed by atoms with Gasteiger partial charge >= 0.3 is 0 Å². The molecule has 1 atom stereocenters. The van der Waals surface area contributed by atoms with Crippen LogP contribution in [0.2, 0.25) is 0 Å². The third-order valence-corrected chi connectivity index (χ3v) is 2.33. The standard InChI is InChI=1S/C11H17NO2/c1-8-3-4-9(14-2)7-10(8)11(12)5-6-13/h3-4,7,11,13H,5-6,12H2,1-2H3. The number of aryl methyl sites for hydroxylation is 1. The van der Waals surface area contributed by atoms with Gasteiger partial charge in [0.05, 0.1) is 7.11 Å². The third kappa shape index (κ3) is 2.47. The van der Waals surface area contributed by atoms with Gasteiger partial charge in [0.1, 0.15) is 5.75 Å². The van der Waals surface area contributed by atoms with Crippen LogP contribution in [0.15, 0.2) is 18.2 Å². The minimum Gasteiger partial charge on any atom is -0.497 e. The molecule has 3 heteroatoms. The van der Waals surface area contributed by atoms with Gasteiger partial charge in [-0.25, -0.2) is 0 Å². The normalized spacial score (nSPS) is 12.6. The molecule has 1 aromatic rings. The first kappa shape index (κ1) is 11.0. The summed E-state index contributed by atoms with van der Waals surface area (Å²) in [4.78, 5) is 0. The zero-order valence-electron chi connectivity index (χ0n) is 8.66. The van der Waals surface area contributed by atoms with Crippen LogP contribution in [0.1, 0.15) is 23.6 Å². The molecule has 0 amide bonds. The van der Waals surface area contributed by atoms with E-state index in [1.165, 1.54) is 0 Å². The molecule has 78 valence electrons. The van der Waals surface area contributed by atoms with Crippen molar-refractivity contribution in [3.63, 3.8) is 0 Å². The minimum absolute atomic E-state index is 0.109. The average molecular weight is 195 g/mol. The van der Waals surface area contributed by atoms with E-state index in [1.807, 2.05) is 25.1 Å². The molecule has 0 spiro atoms. The lowest BCUT2D eigenvalue weighted by atomic mass is 9.99. The summed E-state index contributed by atoms with van der Waals surface area (Å²) < 4.78 is 5.12.